The zero-order chi connectivity index (χ0) is 9.84. The Labute approximate surface area is 84.0 Å². The predicted molar refractivity (Wildman–Crippen MR) is 55.3 cm³/mol. The maximum atomic E-state index is 12.8. The van der Waals surface area contributed by atoms with Gasteiger partial charge in [-0.2, -0.15) is 0 Å². The first-order chi connectivity index (χ1) is 6.13. The van der Waals surface area contributed by atoms with Crippen LogP contribution in [0, 0.1) is 5.82 Å². The molecule has 0 fully saturated rings. The van der Waals surface area contributed by atoms with Crippen molar-refractivity contribution in [2.24, 2.45) is 10.7 Å². The monoisotopic (exact) mass is 245 g/mol. The molecule has 0 aliphatic heterocycles. The molecule has 3 nitrogen and oxygen atoms in total. The van der Waals surface area contributed by atoms with Crippen molar-refractivity contribution >= 4 is 27.6 Å². The topological polar surface area (TPSA) is 50.4 Å². The van der Waals surface area contributed by atoms with Crippen molar-refractivity contribution in [1.29, 1.82) is 0 Å². The lowest BCUT2D eigenvalue weighted by Gasteiger charge is -2.06. The highest BCUT2D eigenvalue weighted by Gasteiger charge is 2.01. The molecule has 0 atom stereocenters. The van der Waals surface area contributed by atoms with Crippen LogP contribution in [0.25, 0.3) is 0 Å². The van der Waals surface area contributed by atoms with Gasteiger partial charge in [0.1, 0.15) is 5.82 Å². The normalized spacial score (nSPS) is 11.5. The van der Waals surface area contributed by atoms with Crippen LogP contribution in [-0.4, -0.2) is 13.0 Å². The van der Waals surface area contributed by atoms with E-state index in [-0.39, 0.29) is 11.8 Å². The molecule has 0 heterocycles. The van der Waals surface area contributed by atoms with E-state index in [9.17, 15) is 4.39 Å². The lowest BCUT2D eigenvalue weighted by molar-refractivity contribution is 0.628. The minimum absolute atomic E-state index is 0.242. The summed E-state index contributed by atoms with van der Waals surface area (Å²) in [5.41, 5.74) is 5.98. The summed E-state index contributed by atoms with van der Waals surface area (Å²) >= 11 is 3.25. The highest BCUT2D eigenvalue weighted by atomic mass is 79.9. The summed E-state index contributed by atoms with van der Waals surface area (Å²) in [5.74, 6) is -0.0825. The van der Waals surface area contributed by atoms with Crippen molar-refractivity contribution in [2.45, 2.75) is 0 Å². The summed E-state index contributed by atoms with van der Waals surface area (Å²) in [7, 11) is 1.55. The average molecular weight is 246 g/mol. The molecule has 5 heteroatoms. The SMILES string of the molecule is CN=C(N)Nc1cc(F)ccc1Br. The predicted octanol–water partition coefficient (Wildman–Crippen LogP) is 1.94. The third-order valence-corrected chi connectivity index (χ3v) is 2.12. The van der Waals surface area contributed by atoms with E-state index in [0.717, 1.165) is 4.47 Å². The fraction of sp³-hybridized carbons (Fsp3) is 0.125. The van der Waals surface area contributed by atoms with Gasteiger partial charge in [0.25, 0.3) is 0 Å². The van der Waals surface area contributed by atoms with Crippen molar-refractivity contribution in [3.63, 3.8) is 0 Å². The van der Waals surface area contributed by atoms with Crippen LogP contribution >= 0.6 is 15.9 Å². The molecule has 0 saturated carbocycles. The molecule has 0 aliphatic rings. The Morgan fingerprint density at radius 2 is 2.31 bits per heavy atom. The van der Waals surface area contributed by atoms with Crippen molar-refractivity contribution in [3.05, 3.63) is 28.5 Å². The van der Waals surface area contributed by atoms with E-state index >= 15 is 0 Å². The fourth-order valence-electron chi connectivity index (χ4n) is 0.787. The van der Waals surface area contributed by atoms with Gasteiger partial charge in [0.2, 0.25) is 0 Å². The molecule has 0 unspecified atom stereocenters. The molecule has 0 amide bonds. The van der Waals surface area contributed by atoms with Crippen LogP contribution in [0.3, 0.4) is 0 Å². The lowest BCUT2D eigenvalue weighted by atomic mass is 10.3. The van der Waals surface area contributed by atoms with Gasteiger partial charge in [-0.1, -0.05) is 0 Å². The van der Waals surface area contributed by atoms with Gasteiger partial charge in [0.15, 0.2) is 5.96 Å². The summed E-state index contributed by atoms with van der Waals surface area (Å²) < 4.78 is 13.5. The van der Waals surface area contributed by atoms with E-state index in [4.69, 9.17) is 5.73 Å². The van der Waals surface area contributed by atoms with Gasteiger partial charge in [-0.15, -0.1) is 0 Å². The molecular formula is C8H9BrFN3. The summed E-state index contributed by atoms with van der Waals surface area (Å²) in [6.07, 6.45) is 0. The Morgan fingerprint density at radius 3 is 2.92 bits per heavy atom. The Balaban J connectivity index is 2.94. The van der Waals surface area contributed by atoms with Gasteiger partial charge >= 0.3 is 0 Å². The molecule has 13 heavy (non-hydrogen) atoms. The summed E-state index contributed by atoms with van der Waals surface area (Å²) in [6, 6.07) is 4.29. The number of rotatable bonds is 1. The Morgan fingerprint density at radius 1 is 1.62 bits per heavy atom. The highest BCUT2D eigenvalue weighted by Crippen LogP contribution is 2.22. The summed E-state index contributed by atoms with van der Waals surface area (Å²) in [5, 5.41) is 2.74. The maximum Gasteiger partial charge on any atom is 0.192 e. The Bertz CT molecular complexity index is 338. The van der Waals surface area contributed by atoms with E-state index < -0.39 is 0 Å². The number of guanidine groups is 1. The zero-order valence-electron chi connectivity index (χ0n) is 7.01. The molecule has 1 rings (SSSR count). The molecule has 0 aromatic heterocycles. The minimum atomic E-state index is -0.324. The van der Waals surface area contributed by atoms with Crippen molar-refractivity contribution in [2.75, 3.05) is 12.4 Å². The third-order valence-electron chi connectivity index (χ3n) is 1.43. The Hall–Kier alpha value is -1.10. The molecular weight excluding hydrogens is 237 g/mol. The second kappa shape index (κ2) is 4.23. The third kappa shape index (κ3) is 2.69. The molecule has 3 N–H and O–H groups in total. The van der Waals surface area contributed by atoms with Gasteiger partial charge in [-0.3, -0.25) is 4.99 Å². The highest BCUT2D eigenvalue weighted by molar-refractivity contribution is 9.10. The quantitative estimate of drug-likeness (QED) is 0.587. The smallest absolute Gasteiger partial charge is 0.192 e. The van der Waals surface area contributed by atoms with Gasteiger partial charge in [0.05, 0.1) is 5.69 Å². The van der Waals surface area contributed by atoms with Gasteiger partial charge < -0.3 is 11.1 Å². The number of hydrogen-bond acceptors (Lipinski definition) is 1. The van der Waals surface area contributed by atoms with Crippen LogP contribution in [0.1, 0.15) is 0 Å². The summed E-state index contributed by atoms with van der Waals surface area (Å²) in [6.45, 7) is 0. The molecule has 1 aromatic rings. The summed E-state index contributed by atoms with van der Waals surface area (Å²) in [4.78, 5) is 3.69. The number of hydrogen-bond donors (Lipinski definition) is 2. The van der Waals surface area contributed by atoms with E-state index in [1.807, 2.05) is 0 Å². The number of aliphatic imine (C=N–C) groups is 1. The van der Waals surface area contributed by atoms with Crippen LogP contribution in [0.2, 0.25) is 0 Å². The second-order valence-electron chi connectivity index (χ2n) is 2.36. The molecule has 70 valence electrons. The number of benzene rings is 1. The first-order valence-electron chi connectivity index (χ1n) is 3.58. The lowest BCUT2D eigenvalue weighted by Crippen LogP contribution is -2.22. The second-order valence-corrected chi connectivity index (χ2v) is 3.21. The van der Waals surface area contributed by atoms with Crippen LogP contribution in [-0.2, 0) is 0 Å². The number of nitrogens with two attached hydrogens (primary N) is 1. The first-order valence-corrected chi connectivity index (χ1v) is 4.37. The maximum absolute atomic E-state index is 12.8. The van der Waals surface area contributed by atoms with Crippen molar-refractivity contribution in [1.82, 2.24) is 0 Å². The van der Waals surface area contributed by atoms with Crippen LogP contribution in [0.5, 0.6) is 0 Å². The van der Waals surface area contributed by atoms with Crippen molar-refractivity contribution in [3.8, 4) is 0 Å². The number of nitrogens with one attached hydrogen (secondary N) is 1. The number of anilines is 1. The molecule has 0 bridgehead atoms. The van der Waals surface area contributed by atoms with E-state index in [0.29, 0.717) is 5.69 Å². The number of halogens is 2. The molecule has 0 radical (unpaired) electrons. The van der Waals surface area contributed by atoms with Crippen LogP contribution in [0.4, 0.5) is 10.1 Å². The molecule has 0 aliphatic carbocycles. The van der Waals surface area contributed by atoms with Gasteiger partial charge in [-0.05, 0) is 34.1 Å². The van der Waals surface area contributed by atoms with E-state index in [1.165, 1.54) is 12.1 Å². The molecule has 0 spiro atoms. The minimum Gasteiger partial charge on any atom is -0.370 e. The first kappa shape index (κ1) is 9.98. The fourth-order valence-corrected chi connectivity index (χ4v) is 1.13. The molecule has 1 aromatic carbocycles. The van der Waals surface area contributed by atoms with Gasteiger partial charge in [-0.25, -0.2) is 4.39 Å². The van der Waals surface area contributed by atoms with Crippen LogP contribution in [0.15, 0.2) is 27.7 Å². The van der Waals surface area contributed by atoms with Crippen molar-refractivity contribution < 1.29 is 4.39 Å². The van der Waals surface area contributed by atoms with Crippen LogP contribution < -0.4 is 11.1 Å². The Kier molecular flexibility index (Phi) is 3.25. The largest absolute Gasteiger partial charge is 0.370 e. The van der Waals surface area contributed by atoms with Gasteiger partial charge in [0, 0.05) is 11.5 Å². The standard InChI is InChI=1S/C8H9BrFN3/c1-12-8(11)13-7-4-5(10)2-3-6(7)9/h2-4H,1H3,(H3,11,12,13). The van der Waals surface area contributed by atoms with E-state index in [2.05, 4.69) is 26.2 Å². The zero-order valence-corrected chi connectivity index (χ0v) is 8.60. The average Bonchev–Trinajstić information content (AvgIpc) is 2.11. The number of nitrogens with zero attached hydrogens (tertiary/aromatic N) is 1. The molecule has 0 saturated heterocycles. The van der Waals surface area contributed by atoms with E-state index in [1.54, 1.807) is 13.1 Å².